The van der Waals surface area contributed by atoms with Gasteiger partial charge in [0.15, 0.2) is 5.43 Å². The van der Waals surface area contributed by atoms with E-state index in [2.05, 4.69) is 0 Å². The summed E-state index contributed by atoms with van der Waals surface area (Å²) in [5.74, 6) is -1.22. The molecule has 0 saturated carbocycles. The SMILES string of the molecule is CCn1c(C)cc(=O)c(C(=O)O)c1-c1ccc(Cl)cc1.[H-].[Na+]. The Morgan fingerprint density at radius 2 is 1.90 bits per heavy atom. The third-order valence-electron chi connectivity index (χ3n) is 3.17. The molecule has 0 atom stereocenters. The van der Waals surface area contributed by atoms with E-state index in [4.69, 9.17) is 11.6 Å². The van der Waals surface area contributed by atoms with Crippen LogP contribution in [0.4, 0.5) is 0 Å². The molecule has 6 heteroatoms. The van der Waals surface area contributed by atoms with Crippen LogP contribution >= 0.6 is 11.6 Å². The molecule has 21 heavy (non-hydrogen) atoms. The van der Waals surface area contributed by atoms with Gasteiger partial charge in [-0.05, 0) is 31.5 Å². The van der Waals surface area contributed by atoms with Crippen molar-refractivity contribution in [1.29, 1.82) is 0 Å². The summed E-state index contributed by atoms with van der Waals surface area (Å²) < 4.78 is 1.81. The van der Waals surface area contributed by atoms with Crippen molar-refractivity contribution in [2.24, 2.45) is 0 Å². The van der Waals surface area contributed by atoms with Crippen molar-refractivity contribution in [3.63, 3.8) is 0 Å². The quantitative estimate of drug-likeness (QED) is 0.830. The Kier molecular flexibility index (Phi) is 6.23. The fourth-order valence-corrected chi connectivity index (χ4v) is 2.42. The number of aromatic nitrogens is 1. The summed E-state index contributed by atoms with van der Waals surface area (Å²) in [7, 11) is 0. The number of nitrogens with zero attached hydrogens (tertiary/aromatic N) is 1. The van der Waals surface area contributed by atoms with Crippen LogP contribution in [0.5, 0.6) is 0 Å². The van der Waals surface area contributed by atoms with E-state index < -0.39 is 11.4 Å². The standard InChI is InChI=1S/C15H14ClNO3.Na.H/c1-3-17-9(2)8-12(18)13(15(19)20)14(17)10-4-6-11(16)7-5-10;;/h4-8H,3H2,1-2H3,(H,19,20);;/q;+1;-1. The molecule has 0 fully saturated rings. The van der Waals surface area contributed by atoms with Crippen molar-refractivity contribution in [2.75, 3.05) is 0 Å². The minimum absolute atomic E-state index is 0. The maximum absolute atomic E-state index is 12.0. The smallest absolute Gasteiger partial charge is 1.00 e. The minimum atomic E-state index is -1.22. The molecule has 4 nitrogen and oxygen atoms in total. The first-order valence-corrected chi connectivity index (χ1v) is 6.57. The van der Waals surface area contributed by atoms with Crippen molar-refractivity contribution >= 4 is 17.6 Å². The third-order valence-corrected chi connectivity index (χ3v) is 3.42. The molecule has 1 aromatic carbocycles. The zero-order chi connectivity index (χ0) is 14.9. The van der Waals surface area contributed by atoms with Crippen LogP contribution in [-0.2, 0) is 6.54 Å². The van der Waals surface area contributed by atoms with Gasteiger partial charge in [0.05, 0.1) is 5.69 Å². The van der Waals surface area contributed by atoms with E-state index in [1.165, 1.54) is 6.07 Å². The van der Waals surface area contributed by atoms with Crippen LogP contribution in [0.3, 0.4) is 0 Å². The van der Waals surface area contributed by atoms with Gasteiger partial charge in [-0.15, -0.1) is 0 Å². The van der Waals surface area contributed by atoms with Crippen LogP contribution in [0.1, 0.15) is 24.4 Å². The van der Waals surface area contributed by atoms with Crippen LogP contribution in [0.25, 0.3) is 11.3 Å². The Bertz CT molecular complexity index is 729. The first-order valence-electron chi connectivity index (χ1n) is 6.19. The number of benzene rings is 1. The van der Waals surface area contributed by atoms with E-state index in [1.807, 2.05) is 11.5 Å². The van der Waals surface area contributed by atoms with Gasteiger partial charge in [0.25, 0.3) is 0 Å². The van der Waals surface area contributed by atoms with Crippen LogP contribution in [-0.4, -0.2) is 15.6 Å². The summed E-state index contributed by atoms with van der Waals surface area (Å²) in [5.41, 5.74) is 1.12. The number of carboxylic acid groups (broad SMARTS) is 1. The number of hydrogen-bond donors (Lipinski definition) is 1. The van der Waals surface area contributed by atoms with Gasteiger partial charge in [-0.1, -0.05) is 23.7 Å². The number of hydrogen-bond acceptors (Lipinski definition) is 2. The maximum atomic E-state index is 12.0. The van der Waals surface area contributed by atoms with E-state index >= 15 is 0 Å². The Hall–Kier alpha value is -1.07. The molecule has 2 rings (SSSR count). The predicted octanol–water partition coefficient (Wildman–Crippen LogP) is 0.312. The van der Waals surface area contributed by atoms with Crippen LogP contribution < -0.4 is 35.0 Å². The van der Waals surface area contributed by atoms with Gasteiger partial charge in [0, 0.05) is 23.3 Å². The molecule has 0 aliphatic rings. The van der Waals surface area contributed by atoms with Crippen LogP contribution in [0.2, 0.25) is 5.02 Å². The van der Waals surface area contributed by atoms with Crippen molar-refractivity contribution in [2.45, 2.75) is 20.4 Å². The van der Waals surface area contributed by atoms with Crippen molar-refractivity contribution in [3.05, 3.63) is 56.8 Å². The van der Waals surface area contributed by atoms with E-state index in [0.717, 1.165) is 5.69 Å². The average Bonchev–Trinajstić information content (AvgIpc) is 2.38. The summed E-state index contributed by atoms with van der Waals surface area (Å²) >= 11 is 5.85. The molecule has 0 unspecified atom stereocenters. The number of aryl methyl sites for hydroxylation is 1. The zero-order valence-electron chi connectivity index (χ0n) is 13.2. The van der Waals surface area contributed by atoms with E-state index in [0.29, 0.717) is 22.8 Å². The topological polar surface area (TPSA) is 59.3 Å². The van der Waals surface area contributed by atoms with Gasteiger partial charge >= 0.3 is 35.5 Å². The molecule has 2 aromatic rings. The van der Waals surface area contributed by atoms with Gasteiger partial charge in [0.1, 0.15) is 5.56 Å². The second-order valence-electron chi connectivity index (χ2n) is 4.43. The van der Waals surface area contributed by atoms with Gasteiger partial charge in [-0.3, -0.25) is 4.79 Å². The number of pyridine rings is 1. The van der Waals surface area contributed by atoms with Gasteiger partial charge < -0.3 is 11.1 Å². The molecular weight excluding hydrogens is 301 g/mol. The van der Waals surface area contributed by atoms with E-state index in [9.17, 15) is 14.7 Å². The molecule has 0 radical (unpaired) electrons. The second kappa shape index (κ2) is 7.27. The summed E-state index contributed by atoms with van der Waals surface area (Å²) in [6, 6.07) is 8.14. The largest absolute Gasteiger partial charge is 1.00 e. The van der Waals surface area contributed by atoms with Gasteiger partial charge in [-0.25, -0.2) is 4.79 Å². The molecular formula is C15H15ClNNaO3. The van der Waals surface area contributed by atoms with Crippen molar-refractivity contribution < 1.29 is 40.9 Å². The number of aromatic carboxylic acids is 1. The van der Waals surface area contributed by atoms with E-state index in [1.54, 1.807) is 31.2 Å². The summed E-state index contributed by atoms with van der Waals surface area (Å²) in [4.78, 5) is 23.4. The van der Waals surface area contributed by atoms with Gasteiger partial charge in [0.2, 0.25) is 0 Å². The predicted molar refractivity (Wildman–Crippen MR) is 79.6 cm³/mol. The molecule has 0 saturated heterocycles. The zero-order valence-corrected chi connectivity index (χ0v) is 14.9. The summed E-state index contributed by atoms with van der Waals surface area (Å²) in [6.45, 7) is 4.27. The molecule has 0 aliphatic heterocycles. The fourth-order valence-electron chi connectivity index (χ4n) is 2.29. The van der Waals surface area contributed by atoms with Gasteiger partial charge in [-0.2, -0.15) is 0 Å². The summed E-state index contributed by atoms with van der Waals surface area (Å²) in [5, 5.41) is 9.89. The van der Waals surface area contributed by atoms with Crippen molar-refractivity contribution in [3.8, 4) is 11.3 Å². The number of rotatable bonds is 3. The molecule has 106 valence electrons. The molecule has 1 N–H and O–H groups in total. The minimum Gasteiger partial charge on any atom is -1.00 e. The monoisotopic (exact) mass is 315 g/mol. The normalized spacial score (nSPS) is 10.0. The second-order valence-corrected chi connectivity index (χ2v) is 4.87. The molecule has 0 spiro atoms. The van der Waals surface area contributed by atoms with Crippen LogP contribution in [0, 0.1) is 6.92 Å². The molecule has 0 bridgehead atoms. The Labute approximate surface area is 151 Å². The first-order chi connectivity index (χ1) is 9.45. The van der Waals surface area contributed by atoms with Crippen LogP contribution in [0.15, 0.2) is 35.1 Å². The Morgan fingerprint density at radius 3 is 2.38 bits per heavy atom. The molecule has 0 aliphatic carbocycles. The molecule has 1 heterocycles. The number of carbonyl (C=O) groups is 1. The Morgan fingerprint density at radius 1 is 1.33 bits per heavy atom. The third kappa shape index (κ3) is 3.58. The number of carboxylic acids is 1. The Balaban J connectivity index is 0.00000220. The van der Waals surface area contributed by atoms with Crippen molar-refractivity contribution in [1.82, 2.24) is 4.57 Å². The first kappa shape index (κ1) is 18.0. The molecule has 1 aromatic heterocycles. The fraction of sp³-hybridized carbons (Fsp3) is 0.200. The summed E-state index contributed by atoms with van der Waals surface area (Å²) in [6.07, 6.45) is 0. The number of halogens is 1. The average molecular weight is 316 g/mol. The van der Waals surface area contributed by atoms with E-state index in [-0.39, 0.29) is 36.5 Å². The maximum Gasteiger partial charge on any atom is 1.00 e. The molecule has 0 amide bonds.